The Morgan fingerprint density at radius 1 is 1.71 bits per heavy atom. The summed E-state index contributed by atoms with van der Waals surface area (Å²) in [4.78, 5) is 22.9. The molecule has 4 heteroatoms. The maximum Gasteiger partial charge on any atom is 0.317 e. The lowest BCUT2D eigenvalue weighted by molar-refractivity contribution is -0.152. The van der Waals surface area contributed by atoms with Crippen molar-refractivity contribution in [3.8, 4) is 0 Å². The van der Waals surface area contributed by atoms with Gasteiger partial charge in [0.15, 0.2) is 5.78 Å². The number of ketones is 1. The number of hydrogen-bond donors (Lipinski definition) is 0. The Balaban J connectivity index is 2.78. The van der Waals surface area contributed by atoms with Gasteiger partial charge in [-0.15, -0.1) is 0 Å². The highest BCUT2D eigenvalue weighted by Crippen LogP contribution is 2.29. The van der Waals surface area contributed by atoms with Gasteiger partial charge >= 0.3 is 5.97 Å². The molecule has 3 nitrogen and oxygen atoms in total. The lowest BCUT2D eigenvalue weighted by Gasteiger charge is -2.23. The molecule has 0 heterocycles. The van der Waals surface area contributed by atoms with Crippen molar-refractivity contribution in [3.63, 3.8) is 0 Å². The van der Waals surface area contributed by atoms with E-state index in [2.05, 4.69) is 0 Å². The summed E-state index contributed by atoms with van der Waals surface area (Å²) in [5, 5.41) is 0.517. The van der Waals surface area contributed by atoms with Crippen LogP contribution in [0.2, 0.25) is 0 Å². The second kappa shape index (κ2) is 4.60. The molecule has 0 spiro atoms. The molecule has 0 aromatic carbocycles. The van der Waals surface area contributed by atoms with E-state index in [4.69, 9.17) is 16.3 Å². The molecule has 78 valence electrons. The first-order valence-corrected chi connectivity index (χ1v) is 5.00. The molecule has 1 rings (SSSR count). The molecule has 1 aliphatic carbocycles. The summed E-state index contributed by atoms with van der Waals surface area (Å²) in [6.45, 7) is 3.85. The number of carbonyl (C=O) groups excluding carboxylic acids is 2. The highest BCUT2D eigenvalue weighted by molar-refractivity contribution is 6.32. The van der Waals surface area contributed by atoms with Crippen LogP contribution in [-0.4, -0.2) is 18.4 Å². The standard InChI is InChI=1S/C10H13ClO3/c1-3-14-10(13)9-6(2)4-7(11)5-8(9)12/h5-6,9H,3-4H2,1-2H3/t6-,9?/m1/s1. The maximum atomic E-state index is 11.5. The van der Waals surface area contributed by atoms with E-state index in [0.29, 0.717) is 18.1 Å². The summed E-state index contributed by atoms with van der Waals surface area (Å²) >= 11 is 5.74. The minimum atomic E-state index is -0.669. The van der Waals surface area contributed by atoms with Gasteiger partial charge in [0.25, 0.3) is 0 Å². The van der Waals surface area contributed by atoms with E-state index in [9.17, 15) is 9.59 Å². The van der Waals surface area contributed by atoms with E-state index in [1.807, 2.05) is 6.92 Å². The van der Waals surface area contributed by atoms with Crippen molar-refractivity contribution < 1.29 is 14.3 Å². The smallest absolute Gasteiger partial charge is 0.317 e. The lowest BCUT2D eigenvalue weighted by Crippen LogP contribution is -2.33. The second-order valence-electron chi connectivity index (χ2n) is 3.40. The zero-order valence-corrected chi connectivity index (χ0v) is 9.00. The highest BCUT2D eigenvalue weighted by atomic mass is 35.5. The minimum absolute atomic E-state index is 0.0703. The summed E-state index contributed by atoms with van der Waals surface area (Å²) in [7, 11) is 0. The lowest BCUT2D eigenvalue weighted by atomic mass is 9.83. The largest absolute Gasteiger partial charge is 0.465 e. The molecule has 14 heavy (non-hydrogen) atoms. The molecule has 1 unspecified atom stereocenters. The van der Waals surface area contributed by atoms with Crippen LogP contribution >= 0.6 is 11.6 Å². The number of esters is 1. The Hall–Kier alpha value is -0.830. The molecule has 1 aliphatic rings. The molecule has 0 bridgehead atoms. The van der Waals surface area contributed by atoms with Crippen LogP contribution in [-0.2, 0) is 14.3 Å². The van der Waals surface area contributed by atoms with E-state index < -0.39 is 11.9 Å². The minimum Gasteiger partial charge on any atom is -0.465 e. The van der Waals surface area contributed by atoms with Gasteiger partial charge in [-0.1, -0.05) is 18.5 Å². The van der Waals surface area contributed by atoms with Gasteiger partial charge in [-0.2, -0.15) is 0 Å². The Morgan fingerprint density at radius 2 is 2.36 bits per heavy atom. The van der Waals surface area contributed by atoms with Gasteiger partial charge in [0.1, 0.15) is 5.92 Å². The number of rotatable bonds is 2. The summed E-state index contributed by atoms with van der Waals surface area (Å²) in [6.07, 6.45) is 1.89. The van der Waals surface area contributed by atoms with Crippen molar-refractivity contribution in [2.45, 2.75) is 20.3 Å². The normalized spacial score (nSPS) is 27.1. The summed E-state index contributed by atoms with van der Waals surface area (Å²) < 4.78 is 4.83. The number of hydrogen-bond acceptors (Lipinski definition) is 3. The van der Waals surface area contributed by atoms with Gasteiger partial charge in [0.05, 0.1) is 6.61 Å². The molecule has 0 fully saturated rings. The molecule has 0 aromatic rings. The monoisotopic (exact) mass is 216 g/mol. The molecule has 0 aliphatic heterocycles. The number of ether oxygens (including phenoxy) is 1. The van der Waals surface area contributed by atoms with Crippen molar-refractivity contribution in [2.24, 2.45) is 11.8 Å². The van der Waals surface area contributed by atoms with Gasteiger partial charge in [-0.05, 0) is 25.3 Å². The van der Waals surface area contributed by atoms with Crippen LogP contribution in [0.5, 0.6) is 0 Å². The predicted octanol–water partition coefficient (Wildman–Crippen LogP) is 1.90. The molecule has 0 amide bonds. The average molecular weight is 217 g/mol. The molecular formula is C10H13ClO3. The van der Waals surface area contributed by atoms with Crippen LogP contribution in [0.15, 0.2) is 11.1 Å². The Labute approximate surface area is 88.1 Å². The number of halogens is 1. The van der Waals surface area contributed by atoms with E-state index >= 15 is 0 Å². The fourth-order valence-corrected chi connectivity index (χ4v) is 1.94. The van der Waals surface area contributed by atoms with E-state index in [-0.39, 0.29) is 11.7 Å². The van der Waals surface area contributed by atoms with Gasteiger partial charge in [-0.3, -0.25) is 9.59 Å². The third-order valence-electron chi connectivity index (χ3n) is 2.23. The first-order chi connectivity index (χ1) is 6.56. The topological polar surface area (TPSA) is 43.4 Å². The van der Waals surface area contributed by atoms with Crippen LogP contribution in [0.3, 0.4) is 0 Å². The third kappa shape index (κ3) is 2.35. The molecule has 0 N–H and O–H groups in total. The van der Waals surface area contributed by atoms with Crippen LogP contribution in [0.25, 0.3) is 0 Å². The van der Waals surface area contributed by atoms with Crippen LogP contribution in [0, 0.1) is 11.8 Å². The van der Waals surface area contributed by atoms with Crippen molar-refractivity contribution >= 4 is 23.4 Å². The van der Waals surface area contributed by atoms with Crippen LogP contribution in [0.1, 0.15) is 20.3 Å². The van der Waals surface area contributed by atoms with Gasteiger partial charge in [-0.25, -0.2) is 0 Å². The molecule has 0 saturated heterocycles. The number of carbonyl (C=O) groups is 2. The fraction of sp³-hybridized carbons (Fsp3) is 0.600. The Kier molecular flexibility index (Phi) is 3.69. The van der Waals surface area contributed by atoms with Crippen molar-refractivity contribution in [2.75, 3.05) is 6.61 Å². The van der Waals surface area contributed by atoms with Gasteiger partial charge in [0.2, 0.25) is 0 Å². The second-order valence-corrected chi connectivity index (χ2v) is 3.89. The zero-order valence-electron chi connectivity index (χ0n) is 8.25. The Morgan fingerprint density at radius 3 is 2.86 bits per heavy atom. The highest BCUT2D eigenvalue weighted by Gasteiger charge is 2.35. The third-order valence-corrected chi connectivity index (χ3v) is 2.50. The summed E-state index contributed by atoms with van der Waals surface area (Å²) in [5.41, 5.74) is 0. The molecule has 2 atom stereocenters. The van der Waals surface area contributed by atoms with Crippen molar-refractivity contribution in [1.29, 1.82) is 0 Å². The van der Waals surface area contributed by atoms with Crippen molar-refractivity contribution in [1.82, 2.24) is 0 Å². The first kappa shape index (κ1) is 11.2. The summed E-state index contributed by atoms with van der Waals surface area (Å²) in [5.74, 6) is -1.42. The quantitative estimate of drug-likeness (QED) is 0.523. The van der Waals surface area contributed by atoms with Crippen LogP contribution < -0.4 is 0 Å². The number of allylic oxidation sites excluding steroid dienone is 2. The maximum absolute atomic E-state index is 11.5. The average Bonchev–Trinajstić information content (AvgIpc) is 2.01. The molecule has 0 radical (unpaired) electrons. The van der Waals surface area contributed by atoms with E-state index in [1.165, 1.54) is 6.08 Å². The van der Waals surface area contributed by atoms with Crippen LogP contribution in [0.4, 0.5) is 0 Å². The fourth-order valence-electron chi connectivity index (χ4n) is 1.59. The predicted molar refractivity (Wildman–Crippen MR) is 52.8 cm³/mol. The molecule has 0 aromatic heterocycles. The molecular weight excluding hydrogens is 204 g/mol. The first-order valence-electron chi connectivity index (χ1n) is 4.62. The Bertz CT molecular complexity index is 283. The van der Waals surface area contributed by atoms with E-state index in [0.717, 1.165) is 0 Å². The summed E-state index contributed by atoms with van der Waals surface area (Å²) in [6, 6.07) is 0. The van der Waals surface area contributed by atoms with Gasteiger partial charge in [0, 0.05) is 5.03 Å². The van der Waals surface area contributed by atoms with E-state index in [1.54, 1.807) is 6.92 Å². The van der Waals surface area contributed by atoms with Crippen molar-refractivity contribution in [3.05, 3.63) is 11.1 Å². The van der Waals surface area contributed by atoms with Gasteiger partial charge < -0.3 is 4.74 Å². The SMILES string of the molecule is CCOC(=O)C1C(=O)C=C(Cl)C[C@H]1C. The molecule has 0 saturated carbocycles. The zero-order chi connectivity index (χ0) is 10.7.